The van der Waals surface area contributed by atoms with Crippen LogP contribution in [0.25, 0.3) is 16.6 Å². The minimum atomic E-state index is -3.62. The number of aryl methyl sites for hydroxylation is 2. The average Bonchev–Trinajstić information content (AvgIpc) is 3.40. The standard InChI is InChI=1S/C31H37N7O4S/c1-3-10-36-19-27(18-32-36)43(40,41)37-12-11-35(21-31(37)8-9-31)28-16-24-17-33-38(29(24)14-22(28)2)26-6-4-5-23(15-26)30(39)34-25-7-13-42-20-25/h4-6,14-19,25H,3,7-13,20-21H2,1-2H3,(H,34,39). The molecule has 12 heteroatoms. The van der Waals surface area contributed by atoms with Crippen LogP contribution in [0.15, 0.2) is 59.9 Å². The maximum atomic E-state index is 13.6. The number of nitrogens with one attached hydrogen (secondary N) is 1. The normalized spacial score (nSPS) is 20.2. The van der Waals surface area contributed by atoms with Crippen molar-refractivity contribution in [3.63, 3.8) is 0 Å². The minimum absolute atomic E-state index is 0.0457. The number of amides is 1. The van der Waals surface area contributed by atoms with Crippen LogP contribution >= 0.6 is 0 Å². The number of rotatable bonds is 8. The molecule has 11 nitrogen and oxygen atoms in total. The fourth-order valence-corrected chi connectivity index (χ4v) is 8.22. The van der Waals surface area contributed by atoms with E-state index in [0.717, 1.165) is 53.5 Å². The summed E-state index contributed by atoms with van der Waals surface area (Å²) in [5.41, 5.74) is 4.16. The summed E-state index contributed by atoms with van der Waals surface area (Å²) in [6, 6.07) is 11.8. The van der Waals surface area contributed by atoms with Gasteiger partial charge >= 0.3 is 0 Å². The predicted octanol–water partition coefficient (Wildman–Crippen LogP) is 3.50. The zero-order chi connectivity index (χ0) is 29.8. The maximum absolute atomic E-state index is 13.6. The first-order chi connectivity index (χ1) is 20.8. The Hall–Kier alpha value is -3.74. The third kappa shape index (κ3) is 5.11. The quantitative estimate of drug-likeness (QED) is 0.328. The fraction of sp³-hybridized carbons (Fsp3) is 0.452. The van der Waals surface area contributed by atoms with Crippen LogP contribution in [-0.2, 0) is 21.3 Å². The smallest absolute Gasteiger partial charge is 0.251 e. The average molecular weight is 604 g/mol. The molecule has 1 saturated carbocycles. The molecule has 1 unspecified atom stereocenters. The second-order valence-corrected chi connectivity index (χ2v) is 13.9. The molecule has 2 aliphatic heterocycles. The van der Waals surface area contributed by atoms with Crippen molar-refractivity contribution in [1.29, 1.82) is 0 Å². The molecule has 1 amide bonds. The Kier molecular flexibility index (Phi) is 7.02. The number of carbonyl (C=O) groups is 1. The van der Waals surface area contributed by atoms with Gasteiger partial charge in [0.05, 0.1) is 41.8 Å². The van der Waals surface area contributed by atoms with E-state index in [0.29, 0.717) is 45.0 Å². The first kappa shape index (κ1) is 28.1. The molecule has 0 radical (unpaired) electrons. The zero-order valence-electron chi connectivity index (χ0n) is 24.6. The molecular weight excluding hydrogens is 566 g/mol. The van der Waals surface area contributed by atoms with Gasteiger partial charge in [-0.1, -0.05) is 13.0 Å². The fourth-order valence-electron chi connectivity index (χ4n) is 6.46. The van der Waals surface area contributed by atoms with Crippen LogP contribution in [0.1, 0.15) is 48.5 Å². The third-order valence-electron chi connectivity index (χ3n) is 8.91. The molecule has 1 aliphatic carbocycles. The van der Waals surface area contributed by atoms with Crippen LogP contribution in [-0.4, -0.2) is 82.6 Å². The number of ether oxygens (including phenoxy) is 1. The molecule has 2 aromatic carbocycles. The number of hydrogen-bond donors (Lipinski definition) is 1. The summed E-state index contributed by atoms with van der Waals surface area (Å²) in [4.78, 5) is 15.5. The van der Waals surface area contributed by atoms with Gasteiger partial charge in [0.15, 0.2) is 0 Å². The van der Waals surface area contributed by atoms with Crippen LogP contribution in [0.2, 0.25) is 0 Å². The van der Waals surface area contributed by atoms with Gasteiger partial charge in [-0.25, -0.2) is 13.1 Å². The second-order valence-electron chi connectivity index (χ2n) is 12.0. The van der Waals surface area contributed by atoms with Gasteiger partial charge in [-0.15, -0.1) is 0 Å². The van der Waals surface area contributed by atoms with Crippen molar-refractivity contribution in [2.24, 2.45) is 0 Å². The maximum Gasteiger partial charge on any atom is 0.251 e. The number of fused-ring (bicyclic) bond motifs is 1. The van der Waals surface area contributed by atoms with E-state index in [-0.39, 0.29) is 22.4 Å². The summed E-state index contributed by atoms with van der Waals surface area (Å²) < 4.78 is 38.0. The molecule has 4 heterocycles. The zero-order valence-corrected chi connectivity index (χ0v) is 25.4. The lowest BCUT2D eigenvalue weighted by Gasteiger charge is -2.42. The van der Waals surface area contributed by atoms with E-state index in [2.05, 4.69) is 39.5 Å². The highest BCUT2D eigenvalue weighted by Gasteiger charge is 2.56. The molecule has 4 aromatic rings. The number of benzene rings is 2. The molecule has 2 saturated heterocycles. The van der Waals surface area contributed by atoms with Gasteiger partial charge < -0.3 is 15.0 Å². The summed E-state index contributed by atoms with van der Waals surface area (Å²) in [5, 5.41) is 13.0. The molecule has 7 rings (SSSR count). The molecule has 1 atom stereocenters. The number of nitrogens with zero attached hydrogens (tertiary/aromatic N) is 6. The number of sulfonamides is 1. The highest BCUT2D eigenvalue weighted by Crippen LogP contribution is 2.48. The lowest BCUT2D eigenvalue weighted by Crippen LogP contribution is -2.57. The first-order valence-corrected chi connectivity index (χ1v) is 16.5. The predicted molar refractivity (Wildman–Crippen MR) is 163 cm³/mol. The van der Waals surface area contributed by atoms with Gasteiger partial charge in [0.1, 0.15) is 4.90 Å². The van der Waals surface area contributed by atoms with Gasteiger partial charge in [0.2, 0.25) is 10.0 Å². The first-order valence-electron chi connectivity index (χ1n) is 15.1. The second kappa shape index (κ2) is 10.8. The van der Waals surface area contributed by atoms with Gasteiger partial charge in [0, 0.05) is 55.6 Å². The highest BCUT2D eigenvalue weighted by molar-refractivity contribution is 7.89. The number of carbonyl (C=O) groups excluding carboxylic acids is 1. The Balaban J connectivity index is 1.12. The summed E-state index contributed by atoms with van der Waals surface area (Å²) >= 11 is 0. The minimum Gasteiger partial charge on any atom is -0.379 e. The van der Waals surface area contributed by atoms with Crippen LogP contribution in [0.3, 0.4) is 0 Å². The Morgan fingerprint density at radius 1 is 1.14 bits per heavy atom. The van der Waals surface area contributed by atoms with Crippen molar-refractivity contribution in [2.45, 2.75) is 62.6 Å². The van der Waals surface area contributed by atoms with Gasteiger partial charge in [0.25, 0.3) is 5.91 Å². The van der Waals surface area contributed by atoms with Crippen LogP contribution in [0.4, 0.5) is 5.69 Å². The molecule has 43 heavy (non-hydrogen) atoms. The molecule has 2 aromatic heterocycles. The lowest BCUT2D eigenvalue weighted by atomic mass is 10.1. The Labute approximate surface area is 251 Å². The van der Waals surface area contributed by atoms with Crippen LogP contribution in [0.5, 0.6) is 0 Å². The number of hydrogen-bond acceptors (Lipinski definition) is 7. The van der Waals surface area contributed by atoms with Crippen molar-refractivity contribution in [3.8, 4) is 5.69 Å². The van der Waals surface area contributed by atoms with E-state index < -0.39 is 10.0 Å². The van der Waals surface area contributed by atoms with Gasteiger partial charge in [-0.2, -0.15) is 14.5 Å². The number of aromatic nitrogens is 4. The molecule has 226 valence electrons. The lowest BCUT2D eigenvalue weighted by molar-refractivity contribution is 0.0930. The van der Waals surface area contributed by atoms with Crippen LogP contribution in [0, 0.1) is 6.92 Å². The topological polar surface area (TPSA) is 115 Å². The van der Waals surface area contributed by atoms with Gasteiger partial charge in [-0.3, -0.25) is 9.48 Å². The Bertz CT molecular complexity index is 1790. The van der Waals surface area contributed by atoms with E-state index >= 15 is 0 Å². The van der Waals surface area contributed by atoms with Crippen molar-refractivity contribution >= 4 is 32.5 Å². The molecular formula is C31H37N7O4S. The monoisotopic (exact) mass is 603 g/mol. The van der Waals surface area contributed by atoms with Crippen molar-refractivity contribution in [3.05, 3.63) is 66.1 Å². The van der Waals surface area contributed by atoms with E-state index in [1.807, 2.05) is 42.1 Å². The van der Waals surface area contributed by atoms with Crippen molar-refractivity contribution < 1.29 is 17.9 Å². The van der Waals surface area contributed by atoms with E-state index in [1.54, 1.807) is 15.2 Å². The summed E-state index contributed by atoms with van der Waals surface area (Å²) in [6.07, 6.45) is 8.41. The summed E-state index contributed by atoms with van der Waals surface area (Å²) in [7, 11) is -3.62. The summed E-state index contributed by atoms with van der Waals surface area (Å²) in [6.45, 7) is 7.74. The van der Waals surface area contributed by atoms with Crippen molar-refractivity contribution in [2.75, 3.05) is 37.7 Å². The molecule has 3 fully saturated rings. The molecule has 1 N–H and O–H groups in total. The number of anilines is 1. The molecule has 3 aliphatic rings. The largest absolute Gasteiger partial charge is 0.379 e. The SMILES string of the molecule is CCCn1cc(S(=O)(=O)N2CCN(c3cc4cnn(-c5cccc(C(=O)NC6CCOC6)c5)c4cc3C)CC23CC3)cn1. The Morgan fingerprint density at radius 3 is 2.77 bits per heavy atom. The molecule has 0 bridgehead atoms. The van der Waals surface area contributed by atoms with E-state index in [4.69, 9.17) is 4.74 Å². The highest BCUT2D eigenvalue weighted by atomic mass is 32.2. The Morgan fingerprint density at radius 2 is 2.00 bits per heavy atom. The van der Waals surface area contributed by atoms with Gasteiger partial charge in [-0.05, 0) is 68.5 Å². The molecule has 1 spiro atoms. The van der Waals surface area contributed by atoms with E-state index in [9.17, 15) is 13.2 Å². The third-order valence-corrected chi connectivity index (χ3v) is 10.9. The van der Waals surface area contributed by atoms with Crippen LogP contribution < -0.4 is 10.2 Å². The van der Waals surface area contributed by atoms with E-state index in [1.165, 1.54) is 6.20 Å². The number of piperazine rings is 1. The van der Waals surface area contributed by atoms with Crippen molar-refractivity contribution in [1.82, 2.24) is 29.2 Å². The summed E-state index contributed by atoms with van der Waals surface area (Å²) in [5.74, 6) is -0.114.